The lowest BCUT2D eigenvalue weighted by Gasteiger charge is -2.28. The van der Waals surface area contributed by atoms with E-state index in [0.717, 1.165) is 23.0 Å². The summed E-state index contributed by atoms with van der Waals surface area (Å²) in [6.45, 7) is 4.30. The third-order valence-electron chi connectivity index (χ3n) is 5.23. The Balaban J connectivity index is 1.53. The number of para-hydroxylation sites is 1. The molecule has 1 N–H and O–H groups in total. The number of benzene rings is 2. The van der Waals surface area contributed by atoms with E-state index in [1.807, 2.05) is 44.2 Å². The average molecular weight is 452 g/mol. The van der Waals surface area contributed by atoms with E-state index in [9.17, 15) is 14.0 Å². The quantitative estimate of drug-likeness (QED) is 0.340. The van der Waals surface area contributed by atoms with E-state index in [-0.39, 0.29) is 29.1 Å². The van der Waals surface area contributed by atoms with Gasteiger partial charge in [-0.05, 0) is 43.7 Å². The lowest BCUT2D eigenvalue weighted by molar-refractivity contribution is -0.130. The number of nitrogens with zero attached hydrogens (tertiary/aromatic N) is 4. The van der Waals surface area contributed by atoms with E-state index < -0.39 is 0 Å². The Labute approximate surface area is 188 Å². The number of thioether (sulfide) groups is 1. The molecule has 4 rings (SSSR count). The van der Waals surface area contributed by atoms with E-state index >= 15 is 0 Å². The Morgan fingerprint density at radius 3 is 2.59 bits per heavy atom. The highest BCUT2D eigenvalue weighted by Crippen LogP contribution is 2.23. The molecule has 0 radical (unpaired) electrons. The Morgan fingerprint density at radius 2 is 1.91 bits per heavy atom. The van der Waals surface area contributed by atoms with Crippen LogP contribution in [0.3, 0.4) is 0 Å². The molecule has 0 bridgehead atoms. The third-order valence-corrected chi connectivity index (χ3v) is 6.09. The van der Waals surface area contributed by atoms with Gasteiger partial charge in [0.1, 0.15) is 11.2 Å². The van der Waals surface area contributed by atoms with Crippen LogP contribution >= 0.6 is 11.8 Å². The van der Waals surface area contributed by atoms with Crippen LogP contribution in [-0.2, 0) is 4.79 Å². The Morgan fingerprint density at radius 1 is 1.19 bits per heavy atom. The molecule has 164 valence electrons. The van der Waals surface area contributed by atoms with Gasteiger partial charge in [-0.3, -0.25) is 9.59 Å². The van der Waals surface area contributed by atoms with Crippen LogP contribution in [0, 0.1) is 5.82 Å². The number of hydrogen-bond acceptors (Lipinski definition) is 5. The number of nitrogens with one attached hydrogen (secondary N) is 1. The predicted molar refractivity (Wildman–Crippen MR) is 122 cm³/mol. The molecule has 0 aliphatic heterocycles. The number of fused-ring (bicyclic) bond motifs is 1. The molecule has 0 aliphatic carbocycles. The number of aromatic amines is 1. The van der Waals surface area contributed by atoms with Crippen LogP contribution in [0.4, 0.5) is 4.39 Å². The molecule has 2 aromatic carbocycles. The van der Waals surface area contributed by atoms with Crippen molar-refractivity contribution >= 4 is 28.7 Å². The molecule has 0 saturated carbocycles. The molecule has 4 aromatic rings. The van der Waals surface area contributed by atoms with E-state index in [4.69, 9.17) is 0 Å². The van der Waals surface area contributed by atoms with Crippen LogP contribution in [0.25, 0.3) is 16.7 Å². The molecule has 9 heteroatoms. The highest BCUT2D eigenvalue weighted by Gasteiger charge is 2.21. The fourth-order valence-corrected chi connectivity index (χ4v) is 4.27. The highest BCUT2D eigenvalue weighted by atomic mass is 32.2. The standard InChI is InChI=1S/C23H22FN5O2S/c1-3-28(15(2)16-9-11-17(24)12-10-16)20(30)14-32-23-26-21-19(22(31)27-23)13-25-29(21)18-7-5-4-6-8-18/h4-13,15H,3,14H2,1-2H3,(H,26,27,31). The molecule has 0 spiro atoms. The van der Waals surface area contributed by atoms with Crippen molar-refractivity contribution in [1.29, 1.82) is 0 Å². The zero-order chi connectivity index (χ0) is 22.7. The van der Waals surface area contributed by atoms with Gasteiger partial charge in [0, 0.05) is 6.54 Å². The summed E-state index contributed by atoms with van der Waals surface area (Å²) in [5.41, 5.74) is 1.77. The molecule has 1 amide bonds. The van der Waals surface area contributed by atoms with E-state index in [0.29, 0.717) is 22.7 Å². The maximum absolute atomic E-state index is 13.2. The monoisotopic (exact) mass is 451 g/mol. The van der Waals surface area contributed by atoms with Gasteiger partial charge in [-0.2, -0.15) is 5.10 Å². The summed E-state index contributed by atoms with van der Waals surface area (Å²) >= 11 is 1.16. The summed E-state index contributed by atoms with van der Waals surface area (Å²) in [6, 6.07) is 15.3. The van der Waals surface area contributed by atoms with Gasteiger partial charge in [0.05, 0.1) is 23.7 Å². The van der Waals surface area contributed by atoms with Gasteiger partial charge in [0.2, 0.25) is 5.91 Å². The topological polar surface area (TPSA) is 83.9 Å². The highest BCUT2D eigenvalue weighted by molar-refractivity contribution is 7.99. The number of amides is 1. The van der Waals surface area contributed by atoms with Crippen molar-refractivity contribution in [2.75, 3.05) is 12.3 Å². The fraction of sp³-hybridized carbons (Fsp3) is 0.217. The lowest BCUT2D eigenvalue weighted by Crippen LogP contribution is -2.34. The van der Waals surface area contributed by atoms with Crippen molar-refractivity contribution in [3.63, 3.8) is 0 Å². The van der Waals surface area contributed by atoms with Gasteiger partial charge >= 0.3 is 0 Å². The van der Waals surface area contributed by atoms with Gasteiger partial charge in [0.25, 0.3) is 5.56 Å². The zero-order valence-electron chi connectivity index (χ0n) is 17.7. The van der Waals surface area contributed by atoms with Crippen LogP contribution in [0.1, 0.15) is 25.5 Å². The van der Waals surface area contributed by atoms with Crippen LogP contribution in [0.2, 0.25) is 0 Å². The van der Waals surface area contributed by atoms with Crippen molar-refractivity contribution in [1.82, 2.24) is 24.6 Å². The first-order valence-corrected chi connectivity index (χ1v) is 11.2. The Bertz CT molecular complexity index is 1290. The molecular weight excluding hydrogens is 429 g/mol. The molecule has 32 heavy (non-hydrogen) atoms. The van der Waals surface area contributed by atoms with Gasteiger partial charge in [0.15, 0.2) is 10.8 Å². The molecule has 1 atom stereocenters. The van der Waals surface area contributed by atoms with Gasteiger partial charge in [-0.15, -0.1) is 0 Å². The number of carbonyl (C=O) groups excluding carboxylic acids is 1. The number of carbonyl (C=O) groups is 1. The molecule has 2 aromatic heterocycles. The second-order valence-electron chi connectivity index (χ2n) is 7.20. The minimum Gasteiger partial charge on any atom is -0.335 e. The normalized spacial score (nSPS) is 12.1. The largest absolute Gasteiger partial charge is 0.335 e. The molecule has 0 fully saturated rings. The second-order valence-corrected chi connectivity index (χ2v) is 8.16. The van der Waals surface area contributed by atoms with Gasteiger partial charge in [-0.25, -0.2) is 14.1 Å². The van der Waals surface area contributed by atoms with Crippen molar-refractivity contribution in [2.45, 2.75) is 25.0 Å². The molecule has 7 nitrogen and oxygen atoms in total. The van der Waals surface area contributed by atoms with Crippen LogP contribution in [0.15, 0.2) is 70.7 Å². The Kier molecular flexibility index (Phi) is 6.36. The fourth-order valence-electron chi connectivity index (χ4n) is 3.53. The summed E-state index contributed by atoms with van der Waals surface area (Å²) in [7, 11) is 0. The summed E-state index contributed by atoms with van der Waals surface area (Å²) in [4.78, 5) is 34.4. The molecule has 1 unspecified atom stereocenters. The second kappa shape index (κ2) is 9.35. The summed E-state index contributed by atoms with van der Waals surface area (Å²) in [5.74, 6) is -0.313. The molecule has 2 heterocycles. The van der Waals surface area contributed by atoms with Crippen molar-refractivity contribution in [3.8, 4) is 5.69 Å². The van der Waals surface area contributed by atoms with Crippen molar-refractivity contribution in [3.05, 3.63) is 82.5 Å². The minimum absolute atomic E-state index is 0.103. The lowest BCUT2D eigenvalue weighted by atomic mass is 10.1. The first-order valence-electron chi connectivity index (χ1n) is 10.2. The summed E-state index contributed by atoms with van der Waals surface area (Å²) in [5, 5.41) is 5.02. The Hall–Kier alpha value is -3.46. The van der Waals surface area contributed by atoms with E-state index in [1.54, 1.807) is 21.7 Å². The SMILES string of the molecule is CCN(C(=O)CSc1nc2c(cnn2-c2ccccc2)c(=O)[nH]1)C(C)c1ccc(F)cc1. The van der Waals surface area contributed by atoms with Gasteiger partial charge < -0.3 is 9.88 Å². The summed E-state index contributed by atoms with van der Waals surface area (Å²) < 4.78 is 14.8. The van der Waals surface area contributed by atoms with Crippen molar-refractivity contribution < 1.29 is 9.18 Å². The number of hydrogen-bond donors (Lipinski definition) is 1. The number of rotatable bonds is 7. The van der Waals surface area contributed by atoms with E-state index in [1.165, 1.54) is 18.3 Å². The van der Waals surface area contributed by atoms with Crippen LogP contribution in [0.5, 0.6) is 0 Å². The zero-order valence-corrected chi connectivity index (χ0v) is 18.5. The van der Waals surface area contributed by atoms with Crippen LogP contribution in [-0.4, -0.2) is 42.9 Å². The first kappa shape index (κ1) is 21.8. The third kappa shape index (κ3) is 4.43. The van der Waals surface area contributed by atoms with Crippen molar-refractivity contribution in [2.24, 2.45) is 0 Å². The van der Waals surface area contributed by atoms with Crippen LogP contribution < -0.4 is 5.56 Å². The van der Waals surface area contributed by atoms with Gasteiger partial charge in [-0.1, -0.05) is 42.1 Å². The average Bonchev–Trinajstić information content (AvgIpc) is 3.24. The summed E-state index contributed by atoms with van der Waals surface area (Å²) in [6.07, 6.45) is 1.48. The van der Waals surface area contributed by atoms with E-state index in [2.05, 4.69) is 15.1 Å². The molecule has 0 aliphatic rings. The predicted octanol–water partition coefficient (Wildman–Crippen LogP) is 3.95. The maximum atomic E-state index is 13.2. The number of halogens is 1. The molecular formula is C23H22FN5O2S. The minimum atomic E-state index is -0.314. The number of H-pyrrole nitrogens is 1. The first-order chi connectivity index (χ1) is 15.5. The molecule has 0 saturated heterocycles. The maximum Gasteiger partial charge on any atom is 0.262 e. The smallest absolute Gasteiger partial charge is 0.262 e. The number of aromatic nitrogens is 4.